The Morgan fingerprint density at radius 1 is 0.735 bits per heavy atom. The molecule has 34 heavy (non-hydrogen) atoms. The predicted molar refractivity (Wildman–Crippen MR) is 144 cm³/mol. The molecule has 0 bridgehead atoms. The second kappa shape index (κ2) is 15.9. The molecule has 4 heterocycles. The van der Waals surface area contributed by atoms with E-state index in [0.29, 0.717) is 0 Å². The molecule has 2 aliphatic rings. The van der Waals surface area contributed by atoms with Crippen molar-refractivity contribution in [2.75, 3.05) is 76.0 Å². The van der Waals surface area contributed by atoms with Crippen molar-refractivity contribution in [3.05, 3.63) is 55.1 Å². The molecule has 2 aromatic rings. The Hall–Kier alpha value is -1.89. The van der Waals surface area contributed by atoms with E-state index in [1.54, 1.807) is 10.9 Å². The zero-order valence-corrected chi connectivity index (χ0v) is 24.4. The highest BCUT2D eigenvalue weighted by atomic mass is 15.3. The lowest BCUT2D eigenvalue weighted by atomic mass is 10.2. The highest BCUT2D eigenvalue weighted by Gasteiger charge is 2.29. The van der Waals surface area contributed by atoms with Gasteiger partial charge in [0.1, 0.15) is 7.05 Å². The molecule has 2 saturated heterocycles. The van der Waals surface area contributed by atoms with E-state index in [1.165, 1.54) is 54.3 Å². The lowest BCUT2D eigenvalue weighted by Gasteiger charge is -2.28. The van der Waals surface area contributed by atoms with Gasteiger partial charge < -0.3 is 13.4 Å². The van der Waals surface area contributed by atoms with Crippen molar-refractivity contribution in [3.63, 3.8) is 0 Å². The van der Waals surface area contributed by atoms with Crippen LogP contribution in [0.2, 0.25) is 0 Å². The topological polar surface area (TPSA) is 20.6 Å². The van der Waals surface area contributed by atoms with Crippen LogP contribution in [0.4, 0.5) is 0 Å². The van der Waals surface area contributed by atoms with Crippen molar-refractivity contribution in [1.29, 1.82) is 0 Å². The third-order valence-electron chi connectivity index (χ3n) is 5.94. The minimum atomic E-state index is 0.898. The van der Waals surface area contributed by atoms with Gasteiger partial charge in [-0.2, -0.15) is 0 Å². The van der Waals surface area contributed by atoms with Gasteiger partial charge in [-0.1, -0.05) is 10.7 Å². The first kappa shape index (κ1) is 32.1. The van der Waals surface area contributed by atoms with Crippen LogP contribution in [-0.2, 0) is 14.1 Å². The summed E-state index contributed by atoms with van der Waals surface area (Å²) < 4.78 is 7.24. The lowest BCUT2D eigenvalue weighted by Crippen LogP contribution is -2.41. The molecule has 0 N–H and O–H groups in total. The molecule has 6 nitrogen and oxygen atoms in total. The van der Waals surface area contributed by atoms with Crippen molar-refractivity contribution in [2.24, 2.45) is 14.1 Å². The maximum absolute atomic E-state index is 3.90. The molecule has 0 radical (unpaired) electrons. The van der Waals surface area contributed by atoms with E-state index in [1.807, 2.05) is 67.6 Å². The number of aromatic nitrogens is 3. The summed E-state index contributed by atoms with van der Waals surface area (Å²) in [7, 11) is 21.6. The van der Waals surface area contributed by atoms with Crippen LogP contribution in [0.5, 0.6) is 0 Å². The van der Waals surface area contributed by atoms with Gasteiger partial charge in [0.25, 0.3) is 0 Å². The SMILES string of the molecule is CC1CCC[N+]1(C)C.C[N+](C)(C)C.C[N+]1(C)CCCC1.C[n+]1ccccc1.C[n+]1ccccn1. The molecule has 2 aromatic heterocycles. The number of hydrogen-bond donors (Lipinski definition) is 0. The largest absolute Gasteiger partial charge is 0.333 e. The number of likely N-dealkylation sites (tertiary alicyclic amines) is 2. The number of quaternary nitrogens is 3. The van der Waals surface area contributed by atoms with Crippen molar-refractivity contribution >= 4 is 0 Å². The molecular weight excluding hydrogens is 420 g/mol. The van der Waals surface area contributed by atoms with E-state index < -0.39 is 0 Å². The Bertz CT molecular complexity index is 687. The quantitative estimate of drug-likeness (QED) is 0.422. The molecule has 0 amide bonds. The van der Waals surface area contributed by atoms with Crippen molar-refractivity contribution in [2.45, 2.75) is 38.6 Å². The van der Waals surface area contributed by atoms with E-state index in [-0.39, 0.29) is 0 Å². The maximum atomic E-state index is 3.90. The highest BCUT2D eigenvalue weighted by molar-refractivity contribution is 4.83. The Balaban J connectivity index is 0.000000404. The molecule has 0 saturated carbocycles. The molecule has 1 unspecified atom stereocenters. The maximum Gasteiger partial charge on any atom is 0.195 e. The molecule has 194 valence electrons. The molecule has 2 aliphatic heterocycles. The van der Waals surface area contributed by atoms with Gasteiger partial charge in [0, 0.05) is 43.9 Å². The predicted octanol–water partition coefficient (Wildman–Crippen LogP) is 2.84. The smallest absolute Gasteiger partial charge is 0.195 e. The first-order valence-electron chi connectivity index (χ1n) is 12.7. The zero-order valence-electron chi connectivity index (χ0n) is 24.4. The summed E-state index contributed by atoms with van der Waals surface area (Å²) in [4.78, 5) is 0. The fourth-order valence-corrected chi connectivity index (χ4v) is 3.45. The number of pyridine rings is 1. The summed E-state index contributed by atoms with van der Waals surface area (Å²) >= 11 is 0. The summed E-state index contributed by atoms with van der Waals surface area (Å²) in [5, 5.41) is 3.90. The second-order valence-corrected chi connectivity index (χ2v) is 12.2. The first-order valence-corrected chi connectivity index (χ1v) is 12.7. The van der Waals surface area contributed by atoms with Gasteiger partial charge in [-0.25, -0.2) is 4.57 Å². The summed E-state index contributed by atoms with van der Waals surface area (Å²) in [6.45, 7) is 6.49. The van der Waals surface area contributed by atoms with E-state index in [2.05, 4.69) is 68.4 Å². The highest BCUT2D eigenvalue weighted by Crippen LogP contribution is 2.20. The number of nitrogens with zero attached hydrogens (tertiary/aromatic N) is 6. The van der Waals surface area contributed by atoms with Crippen LogP contribution in [0.15, 0.2) is 55.1 Å². The van der Waals surface area contributed by atoms with Crippen molar-refractivity contribution in [3.8, 4) is 0 Å². The first-order chi connectivity index (χ1) is 15.6. The second-order valence-electron chi connectivity index (χ2n) is 12.2. The van der Waals surface area contributed by atoms with E-state index >= 15 is 0 Å². The third-order valence-corrected chi connectivity index (χ3v) is 5.94. The Kier molecular flexibility index (Phi) is 15.0. The van der Waals surface area contributed by atoms with Crippen LogP contribution < -0.4 is 9.25 Å². The van der Waals surface area contributed by atoms with Gasteiger partial charge in [-0.3, -0.25) is 0 Å². The molecular formula is C28H57N6+5. The zero-order chi connectivity index (χ0) is 26.3. The summed E-state index contributed by atoms with van der Waals surface area (Å²) in [5.74, 6) is 0. The summed E-state index contributed by atoms with van der Waals surface area (Å²) in [5.41, 5.74) is 0. The number of aryl methyl sites for hydroxylation is 2. The average molecular weight is 478 g/mol. The average Bonchev–Trinajstić information content (AvgIpc) is 3.26. The molecule has 4 rings (SSSR count). The summed E-state index contributed by atoms with van der Waals surface area (Å²) in [6.07, 6.45) is 13.4. The molecule has 0 spiro atoms. The standard InChI is InChI=1S/C7H16N.C6H14N.C6H8N.C5H7N2.C4H12N/c1-7-5-4-6-8(7,2)3;1-7(2)5-3-4-6-7;2*1-7-5-3-2-4-6-7;1-5(2,3)4/h7H,4-6H2,1-3H3;3-6H2,1-2H3;2-6H,1H3;2-5H,1H3;1-4H3/q5*+1. The van der Waals surface area contributed by atoms with Crippen molar-refractivity contribution in [1.82, 2.24) is 5.10 Å². The lowest BCUT2D eigenvalue weighted by molar-refractivity contribution is -0.900. The van der Waals surface area contributed by atoms with E-state index in [9.17, 15) is 0 Å². The summed E-state index contributed by atoms with van der Waals surface area (Å²) in [6, 6.07) is 10.7. The van der Waals surface area contributed by atoms with E-state index in [4.69, 9.17) is 0 Å². The molecule has 0 aromatic carbocycles. The minimum Gasteiger partial charge on any atom is -0.333 e. The van der Waals surface area contributed by atoms with Gasteiger partial charge in [0.2, 0.25) is 0 Å². The van der Waals surface area contributed by atoms with Gasteiger partial charge in [-0.15, -0.1) is 0 Å². The normalized spacial score (nSPS) is 19.6. The van der Waals surface area contributed by atoms with Gasteiger partial charge in [-0.05, 0) is 18.1 Å². The fourth-order valence-electron chi connectivity index (χ4n) is 3.45. The Morgan fingerprint density at radius 2 is 1.24 bits per heavy atom. The van der Waals surface area contributed by atoms with Gasteiger partial charge >= 0.3 is 0 Å². The Morgan fingerprint density at radius 3 is 1.41 bits per heavy atom. The number of rotatable bonds is 0. The Labute approximate surface area is 211 Å². The van der Waals surface area contributed by atoms with Crippen LogP contribution in [0, 0.1) is 0 Å². The fraction of sp³-hybridized carbons (Fsp3) is 0.679. The van der Waals surface area contributed by atoms with Crippen LogP contribution in [0.3, 0.4) is 0 Å². The monoisotopic (exact) mass is 477 g/mol. The van der Waals surface area contributed by atoms with Gasteiger partial charge in [0.05, 0.1) is 88.3 Å². The van der Waals surface area contributed by atoms with Crippen LogP contribution >= 0.6 is 0 Å². The molecule has 2 fully saturated rings. The number of hydrogen-bond acceptors (Lipinski definition) is 1. The van der Waals surface area contributed by atoms with Crippen molar-refractivity contribution < 1.29 is 22.7 Å². The van der Waals surface area contributed by atoms with E-state index in [0.717, 1.165) is 10.5 Å². The minimum absolute atomic E-state index is 0.898. The van der Waals surface area contributed by atoms with Crippen LogP contribution in [0.1, 0.15) is 32.6 Å². The third kappa shape index (κ3) is 19.6. The van der Waals surface area contributed by atoms with Gasteiger partial charge in [0.15, 0.2) is 25.6 Å². The molecule has 1 atom stereocenters. The van der Waals surface area contributed by atoms with Crippen LogP contribution in [-0.4, -0.2) is 101 Å². The molecule has 6 heteroatoms. The van der Waals surface area contributed by atoms with Crippen LogP contribution in [0.25, 0.3) is 0 Å². The molecule has 0 aliphatic carbocycles.